The molecule has 0 fully saturated rings. The number of nitrogens with one attached hydrogen (secondary N) is 2. The number of hydrogen-bond donors (Lipinski definition) is 2. The number of ether oxygens (including phenoxy) is 2. The molecule has 0 spiro atoms. The molecule has 32 heavy (non-hydrogen) atoms. The molecule has 2 rings (SSSR count). The molecular weight excluding hydrogens is 410 g/mol. The van der Waals surface area contributed by atoms with Gasteiger partial charge in [0.1, 0.15) is 23.9 Å². The van der Waals surface area contributed by atoms with Crippen molar-refractivity contribution >= 4 is 23.6 Å². The van der Waals surface area contributed by atoms with Gasteiger partial charge in [0.2, 0.25) is 11.8 Å². The van der Waals surface area contributed by atoms with Gasteiger partial charge in [0, 0.05) is 19.2 Å². The van der Waals surface area contributed by atoms with E-state index in [0.717, 1.165) is 5.56 Å². The standard InChI is InChI=1S/C24H31N3O5/c1-24(2,3)32-23(30)25-16-21(28)26-20(15-17-9-7-6-8-10-17)22(29)27(4)18-11-13-19(31-5)14-12-18/h6-14,20H,15-16H2,1-5H3,(H,25,30)(H,26,28)/t20-/m0/s1. The van der Waals surface area contributed by atoms with E-state index in [1.54, 1.807) is 59.2 Å². The van der Waals surface area contributed by atoms with Gasteiger partial charge in [-0.2, -0.15) is 0 Å². The van der Waals surface area contributed by atoms with E-state index in [9.17, 15) is 14.4 Å². The zero-order valence-electron chi connectivity index (χ0n) is 19.2. The number of likely N-dealkylation sites (N-methyl/N-ethyl adjacent to an activating group) is 1. The molecule has 0 heterocycles. The Bertz CT molecular complexity index is 907. The van der Waals surface area contributed by atoms with Gasteiger partial charge in [0.25, 0.3) is 0 Å². The van der Waals surface area contributed by atoms with E-state index in [-0.39, 0.29) is 12.5 Å². The van der Waals surface area contributed by atoms with Crippen LogP contribution in [0.3, 0.4) is 0 Å². The van der Waals surface area contributed by atoms with E-state index >= 15 is 0 Å². The SMILES string of the molecule is COc1ccc(N(C)C(=O)[C@H](Cc2ccccc2)NC(=O)CNC(=O)OC(C)(C)C)cc1. The van der Waals surface area contributed by atoms with Crippen LogP contribution in [0.2, 0.25) is 0 Å². The molecule has 0 bridgehead atoms. The van der Waals surface area contributed by atoms with E-state index in [1.165, 1.54) is 4.90 Å². The molecule has 0 radical (unpaired) electrons. The summed E-state index contributed by atoms with van der Waals surface area (Å²) >= 11 is 0. The highest BCUT2D eigenvalue weighted by Crippen LogP contribution is 2.19. The van der Waals surface area contributed by atoms with Crippen molar-refractivity contribution in [2.24, 2.45) is 0 Å². The van der Waals surface area contributed by atoms with Crippen molar-refractivity contribution in [3.05, 3.63) is 60.2 Å². The van der Waals surface area contributed by atoms with Crippen LogP contribution in [-0.4, -0.2) is 50.3 Å². The van der Waals surface area contributed by atoms with Crippen LogP contribution in [0, 0.1) is 0 Å². The number of anilines is 1. The molecule has 0 aliphatic heterocycles. The van der Waals surface area contributed by atoms with Crippen LogP contribution in [0.15, 0.2) is 54.6 Å². The van der Waals surface area contributed by atoms with Crippen LogP contribution in [-0.2, 0) is 20.7 Å². The largest absolute Gasteiger partial charge is 0.497 e. The highest BCUT2D eigenvalue weighted by molar-refractivity contribution is 5.99. The average molecular weight is 442 g/mol. The van der Waals surface area contributed by atoms with E-state index in [4.69, 9.17) is 9.47 Å². The van der Waals surface area contributed by atoms with E-state index in [0.29, 0.717) is 17.9 Å². The smallest absolute Gasteiger partial charge is 0.408 e. The molecule has 0 saturated heterocycles. The third-order valence-electron chi connectivity index (χ3n) is 4.50. The van der Waals surface area contributed by atoms with E-state index < -0.39 is 23.6 Å². The van der Waals surface area contributed by atoms with Crippen molar-refractivity contribution in [3.8, 4) is 5.75 Å². The number of nitrogens with zero attached hydrogens (tertiary/aromatic N) is 1. The number of benzene rings is 2. The lowest BCUT2D eigenvalue weighted by atomic mass is 10.0. The molecule has 0 aliphatic carbocycles. The van der Waals surface area contributed by atoms with Crippen molar-refractivity contribution in [2.45, 2.75) is 38.8 Å². The molecule has 0 aromatic heterocycles. The van der Waals surface area contributed by atoms with Crippen molar-refractivity contribution in [3.63, 3.8) is 0 Å². The maximum Gasteiger partial charge on any atom is 0.408 e. The Balaban J connectivity index is 2.09. The number of hydrogen-bond acceptors (Lipinski definition) is 5. The first-order valence-electron chi connectivity index (χ1n) is 10.3. The summed E-state index contributed by atoms with van der Waals surface area (Å²) in [6.07, 6.45) is -0.396. The first-order chi connectivity index (χ1) is 15.1. The zero-order chi connectivity index (χ0) is 23.7. The van der Waals surface area contributed by atoms with Gasteiger partial charge in [0.05, 0.1) is 7.11 Å². The molecular formula is C24H31N3O5. The van der Waals surface area contributed by atoms with E-state index in [2.05, 4.69) is 10.6 Å². The van der Waals surface area contributed by atoms with Crippen molar-refractivity contribution in [1.29, 1.82) is 0 Å². The minimum absolute atomic E-state index is 0.287. The maximum atomic E-state index is 13.2. The second-order valence-corrected chi connectivity index (χ2v) is 8.26. The Kier molecular flexibility index (Phi) is 8.63. The molecule has 1 atom stereocenters. The quantitative estimate of drug-likeness (QED) is 0.657. The van der Waals surface area contributed by atoms with Crippen LogP contribution in [0.5, 0.6) is 5.75 Å². The summed E-state index contributed by atoms with van der Waals surface area (Å²) in [4.78, 5) is 39.0. The fourth-order valence-electron chi connectivity index (χ4n) is 2.93. The minimum Gasteiger partial charge on any atom is -0.497 e. The first kappa shape index (κ1) is 24.7. The second kappa shape index (κ2) is 11.2. The van der Waals surface area contributed by atoms with Crippen LogP contribution in [0.1, 0.15) is 26.3 Å². The predicted octanol–water partition coefficient (Wildman–Crippen LogP) is 2.91. The topological polar surface area (TPSA) is 97.0 Å². The maximum absolute atomic E-state index is 13.2. The Morgan fingerprint density at radius 3 is 2.19 bits per heavy atom. The number of carbonyl (C=O) groups is 3. The monoisotopic (exact) mass is 441 g/mol. The average Bonchev–Trinajstić information content (AvgIpc) is 2.76. The van der Waals surface area contributed by atoms with Gasteiger partial charge < -0.3 is 25.0 Å². The summed E-state index contributed by atoms with van der Waals surface area (Å²) in [6.45, 7) is 4.89. The van der Waals surface area contributed by atoms with Crippen LogP contribution >= 0.6 is 0 Å². The van der Waals surface area contributed by atoms with Gasteiger partial charge in [-0.05, 0) is 50.6 Å². The molecule has 2 aromatic rings. The van der Waals surface area contributed by atoms with Crippen molar-refractivity contribution in [1.82, 2.24) is 10.6 Å². The summed E-state index contributed by atoms with van der Waals surface area (Å²) in [7, 11) is 3.22. The third-order valence-corrected chi connectivity index (χ3v) is 4.50. The van der Waals surface area contributed by atoms with Crippen LogP contribution in [0.25, 0.3) is 0 Å². The highest BCUT2D eigenvalue weighted by Gasteiger charge is 2.26. The number of methoxy groups -OCH3 is 1. The number of rotatable bonds is 8. The lowest BCUT2D eigenvalue weighted by molar-refractivity contribution is -0.126. The molecule has 0 saturated carbocycles. The number of amides is 3. The summed E-state index contributed by atoms with van der Waals surface area (Å²) in [5, 5.41) is 5.14. The summed E-state index contributed by atoms with van der Waals surface area (Å²) < 4.78 is 10.3. The lowest BCUT2D eigenvalue weighted by Gasteiger charge is -2.25. The fraction of sp³-hybridized carbons (Fsp3) is 0.375. The minimum atomic E-state index is -0.822. The van der Waals surface area contributed by atoms with Crippen molar-refractivity contribution < 1.29 is 23.9 Å². The molecule has 0 aliphatic rings. The van der Waals surface area contributed by atoms with E-state index in [1.807, 2.05) is 30.3 Å². The zero-order valence-corrected chi connectivity index (χ0v) is 19.2. The Morgan fingerprint density at radius 1 is 1.00 bits per heavy atom. The first-order valence-corrected chi connectivity index (χ1v) is 10.3. The predicted molar refractivity (Wildman–Crippen MR) is 123 cm³/mol. The number of carbonyl (C=O) groups excluding carboxylic acids is 3. The molecule has 8 nitrogen and oxygen atoms in total. The summed E-state index contributed by atoms with van der Waals surface area (Å²) in [5.74, 6) is -0.102. The van der Waals surface area contributed by atoms with Crippen molar-refractivity contribution in [2.75, 3.05) is 25.6 Å². The van der Waals surface area contributed by atoms with Crippen LogP contribution in [0.4, 0.5) is 10.5 Å². The molecule has 2 aromatic carbocycles. The normalized spacial score (nSPS) is 11.8. The summed E-state index contributed by atoms with van der Waals surface area (Å²) in [6, 6.07) is 15.6. The third kappa shape index (κ3) is 7.94. The van der Waals surface area contributed by atoms with Gasteiger partial charge in [-0.25, -0.2) is 4.79 Å². The molecule has 8 heteroatoms. The Hall–Kier alpha value is -3.55. The fourth-order valence-corrected chi connectivity index (χ4v) is 2.93. The summed E-state index contributed by atoms with van der Waals surface area (Å²) in [5.41, 5.74) is 0.886. The van der Waals surface area contributed by atoms with Gasteiger partial charge >= 0.3 is 6.09 Å². The molecule has 172 valence electrons. The Morgan fingerprint density at radius 2 is 1.62 bits per heavy atom. The van der Waals surface area contributed by atoms with Gasteiger partial charge in [-0.1, -0.05) is 30.3 Å². The van der Waals surface area contributed by atoms with Crippen LogP contribution < -0.4 is 20.3 Å². The van der Waals surface area contributed by atoms with Gasteiger partial charge in [-0.15, -0.1) is 0 Å². The Labute approximate surface area is 188 Å². The lowest BCUT2D eigenvalue weighted by Crippen LogP contribution is -2.51. The molecule has 0 unspecified atom stereocenters. The highest BCUT2D eigenvalue weighted by atomic mass is 16.6. The molecule has 3 amide bonds. The van der Waals surface area contributed by atoms with Gasteiger partial charge in [-0.3, -0.25) is 9.59 Å². The second-order valence-electron chi connectivity index (χ2n) is 8.26. The number of alkyl carbamates (subject to hydrolysis) is 1. The molecule has 2 N–H and O–H groups in total. The van der Waals surface area contributed by atoms with Gasteiger partial charge in [0.15, 0.2) is 0 Å².